The normalized spacial score (nSPS) is 19.1. The molecule has 2 rings (SSSR count). The zero-order chi connectivity index (χ0) is 14.9. The molecule has 8 heteroatoms. The molecule has 1 fully saturated rings. The average Bonchev–Trinajstić information content (AvgIpc) is 2.37. The van der Waals surface area contributed by atoms with Crippen molar-refractivity contribution in [3.8, 4) is 0 Å². The summed E-state index contributed by atoms with van der Waals surface area (Å²) < 4.78 is 51.8. The number of amides is 1. The Morgan fingerprint density at radius 3 is 2.62 bits per heavy atom. The van der Waals surface area contributed by atoms with Crippen LogP contribution in [0.2, 0.25) is 0 Å². The van der Waals surface area contributed by atoms with Gasteiger partial charge in [0.05, 0.1) is 11.1 Å². The van der Waals surface area contributed by atoms with E-state index < -0.39 is 29.0 Å². The third kappa shape index (κ3) is 3.65. The van der Waals surface area contributed by atoms with Gasteiger partial charge in [-0.1, -0.05) is 6.07 Å². The van der Waals surface area contributed by atoms with Crippen LogP contribution in [0.25, 0.3) is 0 Å². The minimum atomic E-state index is -4.81. The van der Waals surface area contributed by atoms with Crippen LogP contribution < -0.4 is 5.32 Å². The van der Waals surface area contributed by atoms with Gasteiger partial charge in [0.25, 0.3) is 5.91 Å². The highest BCUT2D eigenvalue weighted by atomic mass is 35.5. The summed E-state index contributed by atoms with van der Waals surface area (Å²) in [7, 11) is 0. The molecule has 1 aromatic rings. The summed E-state index contributed by atoms with van der Waals surface area (Å²) in [4.78, 5) is 13.6. The molecule has 1 aromatic carbocycles. The van der Waals surface area contributed by atoms with Gasteiger partial charge in [0, 0.05) is 25.7 Å². The lowest BCUT2D eigenvalue weighted by Gasteiger charge is -2.34. The van der Waals surface area contributed by atoms with Crippen molar-refractivity contribution in [3.63, 3.8) is 0 Å². The van der Waals surface area contributed by atoms with Gasteiger partial charge >= 0.3 is 6.18 Å². The standard InChI is InChI=1S/C13H14F4N2O.ClH/c1-8-7-18-5-6-19(8)12(20)9-3-2-4-10(11(9)14)13(15,16)17;/h2-4,8,18H,5-7H2,1H3;1H/t8-;/m0./s1. The summed E-state index contributed by atoms with van der Waals surface area (Å²) in [6.45, 7) is 3.17. The zero-order valence-electron chi connectivity index (χ0n) is 11.2. The molecule has 0 spiro atoms. The Balaban J connectivity index is 0.00000220. The number of hydrogen-bond donors (Lipinski definition) is 1. The molecular weight excluding hydrogens is 312 g/mol. The van der Waals surface area contributed by atoms with E-state index >= 15 is 0 Å². The molecule has 1 saturated heterocycles. The van der Waals surface area contributed by atoms with Crippen molar-refractivity contribution in [1.29, 1.82) is 0 Å². The minimum Gasteiger partial charge on any atom is -0.333 e. The lowest BCUT2D eigenvalue weighted by Crippen LogP contribution is -2.52. The minimum absolute atomic E-state index is 0. The first-order valence-corrected chi connectivity index (χ1v) is 6.19. The fourth-order valence-electron chi connectivity index (χ4n) is 2.21. The summed E-state index contributed by atoms with van der Waals surface area (Å²) in [6, 6.07) is 2.58. The van der Waals surface area contributed by atoms with Crippen LogP contribution >= 0.6 is 12.4 Å². The topological polar surface area (TPSA) is 32.3 Å². The molecule has 0 unspecified atom stereocenters. The number of nitrogens with one attached hydrogen (secondary N) is 1. The average molecular weight is 327 g/mol. The molecule has 118 valence electrons. The van der Waals surface area contributed by atoms with Gasteiger partial charge in [0.2, 0.25) is 0 Å². The molecule has 0 aliphatic carbocycles. The van der Waals surface area contributed by atoms with Crippen molar-refractivity contribution in [2.24, 2.45) is 0 Å². The van der Waals surface area contributed by atoms with Gasteiger partial charge in [-0.2, -0.15) is 13.2 Å². The lowest BCUT2D eigenvalue weighted by atomic mass is 10.1. The van der Waals surface area contributed by atoms with Gasteiger partial charge in [-0.25, -0.2) is 4.39 Å². The number of nitrogens with zero attached hydrogens (tertiary/aromatic N) is 1. The van der Waals surface area contributed by atoms with E-state index in [0.717, 1.165) is 12.1 Å². The van der Waals surface area contributed by atoms with E-state index in [1.807, 2.05) is 0 Å². The van der Waals surface area contributed by atoms with E-state index in [1.54, 1.807) is 6.92 Å². The first-order chi connectivity index (χ1) is 9.32. The van der Waals surface area contributed by atoms with E-state index in [-0.39, 0.29) is 18.4 Å². The SMILES string of the molecule is C[C@H]1CNCCN1C(=O)c1cccc(C(F)(F)F)c1F.Cl. The summed E-state index contributed by atoms with van der Waals surface area (Å²) >= 11 is 0. The van der Waals surface area contributed by atoms with E-state index in [2.05, 4.69) is 5.32 Å². The maximum absolute atomic E-state index is 13.9. The molecule has 0 aromatic heterocycles. The molecule has 1 amide bonds. The molecule has 1 N–H and O–H groups in total. The Kier molecular flexibility index (Phi) is 5.58. The van der Waals surface area contributed by atoms with Crippen LogP contribution in [0, 0.1) is 5.82 Å². The fraction of sp³-hybridized carbons (Fsp3) is 0.462. The predicted molar refractivity (Wildman–Crippen MR) is 72.0 cm³/mol. The summed E-state index contributed by atoms with van der Waals surface area (Å²) in [5.41, 5.74) is -1.94. The fourth-order valence-corrected chi connectivity index (χ4v) is 2.21. The smallest absolute Gasteiger partial charge is 0.333 e. The second-order valence-corrected chi connectivity index (χ2v) is 4.72. The third-order valence-corrected chi connectivity index (χ3v) is 3.30. The van der Waals surface area contributed by atoms with Crippen LogP contribution in [-0.2, 0) is 6.18 Å². The number of piperazine rings is 1. The van der Waals surface area contributed by atoms with E-state index in [9.17, 15) is 22.4 Å². The van der Waals surface area contributed by atoms with Gasteiger partial charge in [0.15, 0.2) is 0 Å². The van der Waals surface area contributed by atoms with Crippen LogP contribution in [-0.4, -0.2) is 36.5 Å². The highest BCUT2D eigenvalue weighted by Crippen LogP contribution is 2.32. The Bertz CT molecular complexity index is 521. The molecule has 1 aliphatic heterocycles. The van der Waals surface area contributed by atoms with Gasteiger partial charge in [-0.05, 0) is 19.1 Å². The number of rotatable bonds is 1. The highest BCUT2D eigenvalue weighted by Gasteiger charge is 2.36. The first kappa shape index (κ1) is 17.7. The second-order valence-electron chi connectivity index (χ2n) is 4.72. The molecule has 1 aliphatic rings. The Hall–Kier alpha value is -1.34. The predicted octanol–water partition coefficient (Wildman–Crippen LogP) is 2.70. The largest absolute Gasteiger partial charge is 0.419 e. The summed E-state index contributed by atoms with van der Waals surface area (Å²) in [6.07, 6.45) is -4.81. The Labute approximate surface area is 125 Å². The number of alkyl halides is 3. The zero-order valence-corrected chi connectivity index (χ0v) is 12.0. The number of halogens is 5. The molecular formula is C13H15ClF4N2O. The van der Waals surface area contributed by atoms with E-state index in [0.29, 0.717) is 25.7 Å². The third-order valence-electron chi connectivity index (χ3n) is 3.30. The molecule has 21 heavy (non-hydrogen) atoms. The maximum Gasteiger partial charge on any atom is 0.419 e. The maximum atomic E-state index is 13.9. The molecule has 0 bridgehead atoms. The van der Waals surface area contributed by atoms with Crippen LogP contribution in [0.5, 0.6) is 0 Å². The molecule has 0 saturated carbocycles. The molecule has 1 heterocycles. The van der Waals surface area contributed by atoms with Crippen LogP contribution in [0.4, 0.5) is 17.6 Å². The van der Waals surface area contributed by atoms with Crippen LogP contribution in [0.15, 0.2) is 18.2 Å². The number of hydrogen-bond acceptors (Lipinski definition) is 2. The quantitative estimate of drug-likeness (QED) is 0.805. The summed E-state index contributed by atoms with van der Waals surface area (Å²) in [5.74, 6) is -2.21. The van der Waals surface area contributed by atoms with Crippen molar-refractivity contribution < 1.29 is 22.4 Å². The highest BCUT2D eigenvalue weighted by molar-refractivity contribution is 5.95. The van der Waals surface area contributed by atoms with Gasteiger partial charge < -0.3 is 10.2 Å². The van der Waals surface area contributed by atoms with Gasteiger partial charge in [0.1, 0.15) is 5.82 Å². The van der Waals surface area contributed by atoms with Crippen molar-refractivity contribution in [2.45, 2.75) is 19.1 Å². The molecule has 0 radical (unpaired) electrons. The molecule has 3 nitrogen and oxygen atoms in total. The second kappa shape index (κ2) is 6.62. The first-order valence-electron chi connectivity index (χ1n) is 6.19. The molecule has 1 atom stereocenters. The summed E-state index contributed by atoms with van der Waals surface area (Å²) in [5, 5.41) is 3.05. The van der Waals surface area contributed by atoms with Crippen molar-refractivity contribution in [3.05, 3.63) is 35.1 Å². The number of carbonyl (C=O) groups is 1. The Morgan fingerprint density at radius 2 is 2.05 bits per heavy atom. The van der Waals surface area contributed by atoms with Crippen molar-refractivity contribution in [1.82, 2.24) is 10.2 Å². The number of benzene rings is 1. The van der Waals surface area contributed by atoms with Crippen molar-refractivity contribution in [2.75, 3.05) is 19.6 Å². The van der Waals surface area contributed by atoms with E-state index in [1.165, 1.54) is 4.90 Å². The van der Waals surface area contributed by atoms with Gasteiger partial charge in [-0.15, -0.1) is 12.4 Å². The lowest BCUT2D eigenvalue weighted by molar-refractivity contribution is -0.140. The van der Waals surface area contributed by atoms with Crippen LogP contribution in [0.1, 0.15) is 22.8 Å². The Morgan fingerprint density at radius 1 is 1.38 bits per heavy atom. The van der Waals surface area contributed by atoms with Crippen LogP contribution in [0.3, 0.4) is 0 Å². The monoisotopic (exact) mass is 326 g/mol. The van der Waals surface area contributed by atoms with Gasteiger partial charge in [-0.3, -0.25) is 4.79 Å². The van der Waals surface area contributed by atoms with Crippen molar-refractivity contribution >= 4 is 18.3 Å². The van der Waals surface area contributed by atoms with E-state index in [4.69, 9.17) is 0 Å². The number of carbonyl (C=O) groups excluding carboxylic acids is 1.